The minimum Gasteiger partial charge on any atom is -0.464 e. The summed E-state index contributed by atoms with van der Waals surface area (Å²) in [5.41, 5.74) is 14.4. The van der Waals surface area contributed by atoms with Crippen molar-refractivity contribution in [1.29, 1.82) is 0 Å². The summed E-state index contributed by atoms with van der Waals surface area (Å²) in [5, 5.41) is 82.9. The zero-order valence-electron chi connectivity index (χ0n) is 72.2. The molecule has 24 rings (SSSR count). The fraction of sp³-hybridized carbons (Fsp3) is 0.255. The van der Waals surface area contributed by atoms with E-state index < -0.39 is 28.3 Å². The number of alkyl halides is 4. The Balaban J connectivity index is 0.000000103. The first-order valence-corrected chi connectivity index (χ1v) is 43.0. The third-order valence-corrected chi connectivity index (χ3v) is 24.0. The van der Waals surface area contributed by atoms with Crippen LogP contribution in [0.15, 0.2) is 230 Å². The van der Waals surface area contributed by atoms with Crippen LogP contribution in [-0.2, 0) is 24.6 Å². The van der Waals surface area contributed by atoms with Crippen molar-refractivity contribution in [3.05, 3.63) is 230 Å². The smallest absolute Gasteiger partial charge is 0.298 e. The Kier molecular flexibility index (Phi) is 22.2. The van der Waals surface area contributed by atoms with Crippen molar-refractivity contribution >= 4 is 168 Å². The number of fused-ring (bicyclic) bond motifs is 10. The number of H-pyrrole nitrogens is 5. The molecule has 668 valence electrons. The van der Waals surface area contributed by atoms with Crippen molar-refractivity contribution in [3.8, 4) is 11.1 Å². The second kappa shape index (κ2) is 34.7. The molecule has 1 atom stereocenters. The summed E-state index contributed by atoms with van der Waals surface area (Å²) in [4.78, 5) is 34.3. The highest BCUT2D eigenvalue weighted by molar-refractivity contribution is 5.98. The maximum atomic E-state index is 14.6. The first kappa shape index (κ1) is 84.5. The third kappa shape index (κ3) is 17.7. The van der Waals surface area contributed by atoms with Gasteiger partial charge in [0.1, 0.15) is 56.2 Å². The predicted molar refractivity (Wildman–Crippen MR) is 493 cm³/mol. The zero-order chi connectivity index (χ0) is 90.5. The summed E-state index contributed by atoms with van der Waals surface area (Å²) in [7, 11) is 0. The lowest BCUT2D eigenvalue weighted by molar-refractivity contribution is -0.108. The minimum atomic E-state index is -3.12. The van der Waals surface area contributed by atoms with E-state index in [1.165, 1.54) is 20.8 Å². The van der Waals surface area contributed by atoms with E-state index in [9.17, 15) is 22.7 Å². The van der Waals surface area contributed by atoms with Gasteiger partial charge in [-0.3, -0.25) is 50.2 Å². The van der Waals surface area contributed by atoms with Crippen LogP contribution in [-0.4, -0.2) is 159 Å². The normalized spacial score (nSPS) is 15.2. The van der Waals surface area contributed by atoms with E-state index in [1.807, 2.05) is 128 Å². The lowest BCUT2D eigenvalue weighted by atomic mass is 9.85. The molecule has 21 aromatic rings. The molecule has 34 nitrogen and oxygen atoms in total. The number of hydrogen-bond acceptors (Lipinski definition) is 29. The van der Waals surface area contributed by atoms with Crippen molar-refractivity contribution in [3.63, 3.8) is 0 Å². The molecule has 3 aliphatic rings. The molecule has 0 amide bonds. The van der Waals surface area contributed by atoms with E-state index in [1.54, 1.807) is 81.7 Å². The van der Waals surface area contributed by atoms with Gasteiger partial charge in [0.15, 0.2) is 68.1 Å². The SMILES string of the molecule is CC(C)(C)C(F)(F)c1noc2cc(Nc3[nH]nc4nccnc34)ccc12.CC(O)(c1noc2cc(Nc3n[nH]c4cccnc34)ccc12)C1CC1.CC1(F)CCN(Cc2noc3cc(Nc4[nH]nc5nccnc45)ccc23)CC1.CC1(F)CCN(Cc2noc3cc(Nc4n[nH]c5cccnc45)ccc23)CC1.c1ccc(-c2coc3cc(Nc4n[nH]c5cccnc45)ccc23)cc1. The number of pyridine rings is 3. The molecule has 2 saturated heterocycles. The van der Waals surface area contributed by atoms with Gasteiger partial charge in [-0.1, -0.05) is 71.7 Å². The Bertz CT molecular complexity index is 7510. The molecule has 1 aliphatic carbocycles. The number of nitrogens with zero attached hydrogens (tertiary/aromatic N) is 18. The molecular formula is C94H88F4N28O6. The number of aromatic amines is 5. The van der Waals surface area contributed by atoms with Crippen LogP contribution in [0.25, 0.3) is 121 Å². The van der Waals surface area contributed by atoms with Crippen LogP contribution in [0.2, 0.25) is 0 Å². The van der Waals surface area contributed by atoms with Gasteiger partial charge in [-0.2, -0.15) is 34.3 Å². The van der Waals surface area contributed by atoms with Gasteiger partial charge in [-0.15, -0.1) is 0 Å². The van der Waals surface area contributed by atoms with Gasteiger partial charge >= 0.3 is 0 Å². The molecule has 1 unspecified atom stereocenters. The van der Waals surface area contributed by atoms with Gasteiger partial charge in [-0.05, 0) is 168 Å². The molecule has 0 radical (unpaired) electrons. The average molecular weight is 1780 g/mol. The second-order valence-corrected chi connectivity index (χ2v) is 34.7. The summed E-state index contributed by atoms with van der Waals surface area (Å²) in [5.74, 6) is 0.376. The largest absolute Gasteiger partial charge is 0.464 e. The Morgan fingerprint density at radius 2 is 0.788 bits per heavy atom. The third-order valence-electron chi connectivity index (χ3n) is 24.0. The number of aromatic nitrogens is 21. The number of benzene rings is 6. The molecule has 3 fully saturated rings. The van der Waals surface area contributed by atoms with Crippen LogP contribution in [0.3, 0.4) is 0 Å². The number of furan rings is 1. The summed E-state index contributed by atoms with van der Waals surface area (Å²) in [6.45, 7) is 13.8. The van der Waals surface area contributed by atoms with Gasteiger partial charge in [0, 0.05) is 174 Å². The Labute approximate surface area is 746 Å². The fourth-order valence-electron chi connectivity index (χ4n) is 16.1. The summed E-state index contributed by atoms with van der Waals surface area (Å²) in [6, 6.07) is 49.9. The van der Waals surface area contributed by atoms with Gasteiger partial charge in [-0.25, -0.2) is 28.7 Å². The van der Waals surface area contributed by atoms with Gasteiger partial charge in [0.25, 0.3) is 5.92 Å². The molecule has 0 bridgehead atoms. The molecule has 132 heavy (non-hydrogen) atoms. The number of rotatable bonds is 18. The van der Waals surface area contributed by atoms with Crippen molar-refractivity contribution in [2.75, 3.05) is 52.8 Å². The first-order valence-electron chi connectivity index (χ1n) is 43.0. The number of halogens is 4. The molecule has 2 aliphatic heterocycles. The van der Waals surface area contributed by atoms with Crippen molar-refractivity contribution in [2.24, 2.45) is 11.3 Å². The summed E-state index contributed by atoms with van der Waals surface area (Å²) >= 11 is 0. The molecule has 1 saturated carbocycles. The highest BCUT2D eigenvalue weighted by Crippen LogP contribution is 2.49. The van der Waals surface area contributed by atoms with E-state index in [0.29, 0.717) is 118 Å². The van der Waals surface area contributed by atoms with E-state index in [-0.39, 0.29) is 22.6 Å². The number of hydrogen-bond donors (Lipinski definition) is 11. The Hall–Kier alpha value is -15.7. The number of anilines is 10. The van der Waals surface area contributed by atoms with Crippen LogP contribution < -0.4 is 26.6 Å². The van der Waals surface area contributed by atoms with Gasteiger partial charge in [0.2, 0.25) is 11.3 Å². The fourth-order valence-corrected chi connectivity index (χ4v) is 16.1. The van der Waals surface area contributed by atoms with Crippen LogP contribution in [0.5, 0.6) is 0 Å². The maximum Gasteiger partial charge on any atom is 0.298 e. The van der Waals surface area contributed by atoms with Crippen molar-refractivity contribution < 1.29 is 45.2 Å². The number of piperidine rings is 2. The molecule has 38 heteroatoms. The molecule has 6 aromatic carbocycles. The summed E-state index contributed by atoms with van der Waals surface area (Å²) in [6.07, 6.45) is 17.6. The van der Waals surface area contributed by atoms with E-state index in [2.05, 4.69) is 161 Å². The average Bonchev–Trinajstić information content (AvgIpc) is 1.71. The van der Waals surface area contributed by atoms with Crippen molar-refractivity contribution in [2.45, 2.75) is 116 Å². The van der Waals surface area contributed by atoms with E-state index in [0.717, 1.165) is 145 Å². The maximum absolute atomic E-state index is 14.6. The van der Waals surface area contributed by atoms with Crippen LogP contribution in [0, 0.1) is 11.3 Å². The number of nitrogens with one attached hydrogen (secondary N) is 10. The molecule has 11 N–H and O–H groups in total. The molecular weight excluding hydrogens is 1690 g/mol. The van der Waals surface area contributed by atoms with Gasteiger partial charge in [0.05, 0.1) is 28.2 Å². The summed E-state index contributed by atoms with van der Waals surface area (Å²) < 4.78 is 84.7. The van der Waals surface area contributed by atoms with Crippen LogP contribution in [0.1, 0.15) is 103 Å². The van der Waals surface area contributed by atoms with Crippen LogP contribution in [0.4, 0.5) is 75.1 Å². The highest BCUT2D eigenvalue weighted by atomic mass is 19.3. The van der Waals surface area contributed by atoms with E-state index in [4.69, 9.17) is 22.5 Å². The van der Waals surface area contributed by atoms with E-state index >= 15 is 0 Å². The van der Waals surface area contributed by atoms with Crippen LogP contribution >= 0.6 is 0 Å². The quantitative estimate of drug-likeness (QED) is 0.0355. The van der Waals surface area contributed by atoms with Crippen molar-refractivity contribution in [1.82, 2.24) is 116 Å². The Morgan fingerprint density at radius 1 is 0.409 bits per heavy atom. The number of likely N-dealkylation sites (tertiary alicyclic amines) is 2. The minimum absolute atomic E-state index is 0.264. The predicted octanol–water partition coefficient (Wildman–Crippen LogP) is 20.7. The molecule has 0 spiro atoms. The van der Waals surface area contributed by atoms with Gasteiger partial charge < -0.3 is 54.2 Å². The molecule has 15 aromatic heterocycles. The second-order valence-electron chi connectivity index (χ2n) is 34.7. The Morgan fingerprint density at radius 3 is 1.23 bits per heavy atom. The zero-order valence-corrected chi connectivity index (χ0v) is 72.2. The lowest BCUT2D eigenvalue weighted by Crippen LogP contribution is -2.39. The standard InChI is InChI=1S/C20H21FN6O.C20H14N4O.C19H20FN7O.C18H17N5O2.C17H16F2N6O/c1-20(21)6-9-27(10-7-20)12-16-14-5-4-13(11-17(14)28-26-16)23-19-18-15(24-25-19)3-2-8-22-18;1-2-5-13(6-3-1)16-12-25-18-11-14(8-9-15(16)18)22-20-19-17(23-24-20)7-4-10-21-19;1-19(20)4-8-27(9-5-19)11-14-13-3-2-12(10-15(13)28-26-14)23-18-16-17(24-25-18)22-7-6-21-16;1-18(24,10-4-5-10)16-12-7-6-11(9-14(12)25-23-16)20-17-15-13(21-22-17)3-2-8-19-15;1-16(2,3)17(18,19)13-10-5-4-9(8-11(10)26-25-13)22-15-12-14(23-24-15)21-7-6-20-12/h2-5,8,11H,6-7,9-10,12H2,1H3,(H2,23,24,25);1-12H,(H2,22,23,24);2-3,6-7,10H,4-5,8-9,11H2,1H3,(H2,22,23,24,25);2-3,6-10,24H,4-5H2,1H3,(H2,20,21,22);4-8H,1-3H3,(H2,21,22,23,24). The highest BCUT2D eigenvalue weighted by Gasteiger charge is 2.49. The molecule has 17 heterocycles. The lowest BCUT2D eigenvalue weighted by Gasteiger charge is -2.33. The number of aliphatic hydroxyl groups is 1. The topological polar surface area (TPSA) is 438 Å². The first-order chi connectivity index (χ1) is 63.9. The monoisotopic (exact) mass is 1780 g/mol.